The number of ether oxygens (including phenoxy) is 2. The number of benzene rings is 5. The van der Waals surface area contributed by atoms with Crippen LogP contribution in [-0.4, -0.2) is 5.78 Å². The molecule has 5 aromatic rings. The molecule has 3 N–H and O–H groups in total. The molecule has 204 valence electrons. The van der Waals surface area contributed by atoms with E-state index < -0.39 is 0 Å². The lowest BCUT2D eigenvalue weighted by Gasteiger charge is -2.15. The lowest BCUT2D eigenvalue weighted by atomic mass is 10.1. The molecule has 0 radical (unpaired) electrons. The predicted octanol–water partition coefficient (Wildman–Crippen LogP) is 9.85. The quantitative estimate of drug-likeness (QED) is 0.0701. The number of para-hydroxylation sites is 2. The highest BCUT2D eigenvalue weighted by molar-refractivity contribution is 8.76. The van der Waals surface area contributed by atoms with Crippen molar-refractivity contribution in [2.75, 3.05) is 11.1 Å². The Morgan fingerprint density at radius 1 is 0.659 bits per heavy atom. The van der Waals surface area contributed by atoms with Gasteiger partial charge in [-0.25, -0.2) is 0 Å². The summed E-state index contributed by atoms with van der Waals surface area (Å²) in [6.45, 7) is 1.87. The van der Waals surface area contributed by atoms with Crippen molar-refractivity contribution in [3.8, 4) is 23.0 Å². The van der Waals surface area contributed by atoms with Crippen LogP contribution in [0.4, 0.5) is 11.4 Å². The molecule has 5 nitrogen and oxygen atoms in total. The van der Waals surface area contributed by atoms with Crippen LogP contribution in [0.2, 0.25) is 0 Å². The van der Waals surface area contributed by atoms with Gasteiger partial charge in [0, 0.05) is 32.8 Å². The average Bonchev–Trinajstić information content (AvgIpc) is 3.00. The molecule has 5 aromatic carbocycles. The Kier molecular flexibility index (Phi) is 9.31. The molecule has 7 heteroatoms. The number of nitrogen functional groups attached to an aromatic ring is 1. The van der Waals surface area contributed by atoms with Gasteiger partial charge >= 0.3 is 0 Å². The highest BCUT2D eigenvalue weighted by Crippen LogP contribution is 2.46. The zero-order chi connectivity index (χ0) is 28.4. The second-order valence-electron chi connectivity index (χ2n) is 9.04. The summed E-state index contributed by atoms with van der Waals surface area (Å²) in [7, 11) is 3.06. The second-order valence-corrected chi connectivity index (χ2v) is 11.3. The zero-order valence-electron chi connectivity index (χ0n) is 22.3. The fourth-order valence-electron chi connectivity index (χ4n) is 3.86. The molecule has 0 saturated carbocycles. The van der Waals surface area contributed by atoms with Gasteiger partial charge in [-0.3, -0.25) is 4.79 Å². The van der Waals surface area contributed by atoms with Crippen molar-refractivity contribution in [2.45, 2.75) is 16.7 Å². The highest BCUT2D eigenvalue weighted by atomic mass is 33.1. The van der Waals surface area contributed by atoms with Crippen LogP contribution in [-0.2, 0) is 0 Å². The van der Waals surface area contributed by atoms with Crippen LogP contribution >= 0.6 is 21.6 Å². The van der Waals surface area contributed by atoms with E-state index in [2.05, 4.69) is 5.32 Å². The number of hydrogen-bond acceptors (Lipinski definition) is 7. The van der Waals surface area contributed by atoms with Crippen LogP contribution in [0.3, 0.4) is 0 Å². The number of carbonyl (C=O) groups is 1. The molecule has 5 rings (SSSR count). The first-order chi connectivity index (χ1) is 20.0. The van der Waals surface area contributed by atoms with Gasteiger partial charge in [0.25, 0.3) is 0 Å². The molecular weight excluding hydrogens is 549 g/mol. The fourth-order valence-corrected chi connectivity index (χ4v) is 6.13. The molecule has 0 saturated heterocycles. The predicted molar refractivity (Wildman–Crippen MR) is 170 cm³/mol. The molecule has 0 fully saturated rings. The summed E-state index contributed by atoms with van der Waals surface area (Å²) in [5.41, 5.74) is 9.18. The van der Waals surface area contributed by atoms with Crippen molar-refractivity contribution in [3.63, 3.8) is 0 Å². The summed E-state index contributed by atoms with van der Waals surface area (Å²) < 4.78 is 12.1. The average molecular weight is 577 g/mol. The number of carbonyl (C=O) groups excluding carboxylic acids is 1. The molecule has 0 atom stereocenters. The van der Waals surface area contributed by atoms with Gasteiger partial charge in [0.2, 0.25) is 0 Å². The minimum absolute atomic E-state index is 0.0637. The van der Waals surface area contributed by atoms with Crippen molar-refractivity contribution >= 4 is 38.7 Å². The minimum Gasteiger partial charge on any atom is -0.457 e. The minimum atomic E-state index is -0.0637. The summed E-state index contributed by atoms with van der Waals surface area (Å²) in [4.78, 5) is 14.5. The van der Waals surface area contributed by atoms with Crippen molar-refractivity contribution in [1.82, 2.24) is 0 Å². The van der Waals surface area contributed by atoms with E-state index in [1.165, 1.54) is 21.6 Å². The first kappa shape index (κ1) is 28.0. The third-order valence-corrected chi connectivity index (χ3v) is 8.32. The molecule has 0 aliphatic rings. The molecule has 0 unspecified atom stereocenters. The van der Waals surface area contributed by atoms with E-state index in [0.29, 0.717) is 22.7 Å². The number of ketones is 1. The summed E-state index contributed by atoms with van der Waals surface area (Å²) in [5, 5.41) is 3.39. The van der Waals surface area contributed by atoms with Gasteiger partial charge in [-0.2, -0.15) is 0 Å². The first-order valence-electron chi connectivity index (χ1n) is 12.9. The van der Waals surface area contributed by atoms with E-state index in [-0.39, 0.29) is 5.78 Å². The van der Waals surface area contributed by atoms with Gasteiger partial charge in [-0.15, -0.1) is 0 Å². The largest absolute Gasteiger partial charge is 0.457 e. The third kappa shape index (κ3) is 7.97. The number of nitrogens with two attached hydrogens (primary N) is 1. The standard InChI is InChI=1S/C34H28N2O3S2/c1-24(21-32(37)25-11-5-2-6-12-25)36-31-20-18-29(39-27-15-9-4-10-16-27)23-34(31)41-40-33-22-28(17-19-30(33)35)38-26-13-7-3-8-14-26/h2-23,36H,35H2,1H3/b24-21+. The van der Waals surface area contributed by atoms with E-state index in [1.54, 1.807) is 18.2 Å². The molecule has 0 aromatic heterocycles. The molecular formula is C34H28N2O3S2. The number of anilines is 2. The molecule has 0 bridgehead atoms. The Balaban J connectivity index is 1.38. The number of nitrogens with one attached hydrogen (secondary N) is 1. The summed E-state index contributed by atoms with van der Waals surface area (Å²) in [6.07, 6.45) is 1.60. The molecule has 0 heterocycles. The smallest absolute Gasteiger partial charge is 0.187 e. The number of hydrogen-bond donors (Lipinski definition) is 2. The van der Waals surface area contributed by atoms with Crippen LogP contribution in [0.25, 0.3) is 0 Å². The molecule has 0 amide bonds. The zero-order valence-corrected chi connectivity index (χ0v) is 24.0. The first-order valence-corrected chi connectivity index (χ1v) is 15.1. The van der Waals surface area contributed by atoms with Gasteiger partial charge < -0.3 is 20.5 Å². The lowest BCUT2D eigenvalue weighted by Crippen LogP contribution is -2.02. The van der Waals surface area contributed by atoms with Gasteiger partial charge in [0.15, 0.2) is 5.78 Å². The van der Waals surface area contributed by atoms with Crippen molar-refractivity contribution in [3.05, 3.63) is 145 Å². The van der Waals surface area contributed by atoms with Gasteiger partial charge in [0.1, 0.15) is 23.0 Å². The van der Waals surface area contributed by atoms with Crippen molar-refractivity contribution in [1.29, 1.82) is 0 Å². The summed E-state index contributed by atoms with van der Waals surface area (Å²) in [5.74, 6) is 2.83. The van der Waals surface area contributed by atoms with Gasteiger partial charge in [0.05, 0.1) is 5.69 Å². The Hall–Kier alpha value is -4.59. The van der Waals surface area contributed by atoms with E-state index >= 15 is 0 Å². The fraction of sp³-hybridized carbons (Fsp3) is 0.0294. The maximum Gasteiger partial charge on any atom is 0.187 e. The topological polar surface area (TPSA) is 73.6 Å². The molecule has 41 heavy (non-hydrogen) atoms. The van der Waals surface area contributed by atoms with Gasteiger partial charge in [-0.05, 0) is 67.6 Å². The Morgan fingerprint density at radius 2 is 1.17 bits per heavy atom. The highest BCUT2D eigenvalue weighted by Gasteiger charge is 2.12. The van der Waals surface area contributed by atoms with E-state index in [9.17, 15) is 4.79 Å². The van der Waals surface area contributed by atoms with Crippen molar-refractivity contribution in [2.24, 2.45) is 0 Å². The maximum atomic E-state index is 12.7. The molecule has 0 spiro atoms. The number of allylic oxidation sites excluding steroid dienone is 2. The second kappa shape index (κ2) is 13.7. The van der Waals surface area contributed by atoms with Crippen LogP contribution in [0.1, 0.15) is 17.3 Å². The summed E-state index contributed by atoms with van der Waals surface area (Å²) in [6, 6.07) is 39.9. The monoisotopic (exact) mass is 576 g/mol. The van der Waals surface area contributed by atoms with Crippen LogP contribution in [0.5, 0.6) is 23.0 Å². The molecule has 0 aliphatic heterocycles. The van der Waals surface area contributed by atoms with E-state index in [4.69, 9.17) is 15.2 Å². The van der Waals surface area contributed by atoms with E-state index in [0.717, 1.165) is 32.7 Å². The Labute approximate surface area is 247 Å². The normalized spacial score (nSPS) is 11.1. The lowest BCUT2D eigenvalue weighted by molar-refractivity contribution is 0.104. The third-order valence-electron chi connectivity index (χ3n) is 5.85. The van der Waals surface area contributed by atoms with Crippen molar-refractivity contribution < 1.29 is 14.3 Å². The molecule has 0 aliphatic carbocycles. The van der Waals surface area contributed by atoms with Crippen LogP contribution in [0.15, 0.2) is 149 Å². The maximum absolute atomic E-state index is 12.7. The summed E-state index contributed by atoms with van der Waals surface area (Å²) >= 11 is 0. The number of rotatable bonds is 11. The Bertz CT molecular complexity index is 1640. The Morgan fingerprint density at radius 3 is 1.78 bits per heavy atom. The van der Waals surface area contributed by atoms with Crippen LogP contribution in [0, 0.1) is 0 Å². The van der Waals surface area contributed by atoms with E-state index in [1.807, 2.05) is 122 Å². The van der Waals surface area contributed by atoms with Crippen LogP contribution < -0.4 is 20.5 Å². The van der Waals surface area contributed by atoms with Gasteiger partial charge in [-0.1, -0.05) is 88.3 Å². The SMILES string of the molecule is C/C(=C\C(=O)c1ccccc1)Nc1ccc(Oc2ccccc2)cc1SSc1cc(Oc2ccccc2)ccc1N.